The summed E-state index contributed by atoms with van der Waals surface area (Å²) in [7, 11) is 1.69. The molecule has 0 spiro atoms. The Morgan fingerprint density at radius 1 is 1.55 bits per heavy atom. The highest BCUT2D eigenvalue weighted by Gasteiger charge is 2.32. The summed E-state index contributed by atoms with van der Waals surface area (Å²) < 4.78 is 7.21. The molecule has 0 radical (unpaired) electrons. The Hall–Kier alpha value is -1.40. The monoisotopic (exact) mass is 293 g/mol. The molecule has 0 aliphatic carbocycles. The van der Waals surface area contributed by atoms with Crippen molar-refractivity contribution in [3.05, 3.63) is 22.5 Å². The Morgan fingerprint density at radius 2 is 2.35 bits per heavy atom. The first-order chi connectivity index (χ1) is 9.63. The molecule has 3 rings (SSSR count). The van der Waals surface area contributed by atoms with E-state index in [-0.39, 0.29) is 11.9 Å². The molecule has 1 fully saturated rings. The molecule has 1 aliphatic rings. The van der Waals surface area contributed by atoms with Crippen molar-refractivity contribution < 1.29 is 9.53 Å². The van der Waals surface area contributed by atoms with E-state index in [0.29, 0.717) is 12.3 Å². The Morgan fingerprint density at radius 3 is 3.10 bits per heavy atom. The van der Waals surface area contributed by atoms with Crippen molar-refractivity contribution in [1.82, 2.24) is 14.3 Å². The first kappa shape index (κ1) is 13.6. The number of imidazole rings is 1. The summed E-state index contributed by atoms with van der Waals surface area (Å²) in [5.74, 6) is 0.0797. The average molecular weight is 293 g/mol. The van der Waals surface area contributed by atoms with Crippen molar-refractivity contribution in [3.63, 3.8) is 0 Å². The fourth-order valence-corrected chi connectivity index (χ4v) is 3.87. The summed E-state index contributed by atoms with van der Waals surface area (Å²) in [6.45, 7) is 5.34. The summed E-state index contributed by atoms with van der Waals surface area (Å²) in [6.07, 6.45) is 2.06. The second-order valence-electron chi connectivity index (χ2n) is 5.29. The second-order valence-corrected chi connectivity index (χ2v) is 6.13. The zero-order valence-electron chi connectivity index (χ0n) is 12.0. The molecule has 5 nitrogen and oxygen atoms in total. The molecule has 108 valence electrons. The SMILES string of the molecule is COC[C@H]1CCCN1C(=O)c1c(C)nc2scc(C)n12. The van der Waals surface area contributed by atoms with Crippen LogP contribution in [-0.4, -0.2) is 46.5 Å². The third kappa shape index (κ3) is 2.03. The predicted molar refractivity (Wildman–Crippen MR) is 78.5 cm³/mol. The topological polar surface area (TPSA) is 46.8 Å². The van der Waals surface area contributed by atoms with Crippen LogP contribution >= 0.6 is 11.3 Å². The average Bonchev–Trinajstić information content (AvgIpc) is 3.07. The van der Waals surface area contributed by atoms with Crippen LogP contribution in [0, 0.1) is 13.8 Å². The summed E-state index contributed by atoms with van der Waals surface area (Å²) in [6, 6.07) is 0.191. The van der Waals surface area contributed by atoms with Crippen LogP contribution in [0.2, 0.25) is 0 Å². The fourth-order valence-electron chi connectivity index (χ4n) is 2.96. The molecule has 0 saturated carbocycles. The van der Waals surface area contributed by atoms with E-state index in [1.807, 2.05) is 28.5 Å². The molecule has 0 bridgehead atoms. The van der Waals surface area contributed by atoms with Gasteiger partial charge in [-0.25, -0.2) is 4.98 Å². The van der Waals surface area contributed by atoms with Crippen LogP contribution < -0.4 is 0 Å². The first-order valence-electron chi connectivity index (χ1n) is 6.86. The number of nitrogens with zero attached hydrogens (tertiary/aromatic N) is 3. The van der Waals surface area contributed by atoms with Crippen LogP contribution in [-0.2, 0) is 4.74 Å². The summed E-state index contributed by atoms with van der Waals surface area (Å²) in [5.41, 5.74) is 2.59. The molecular weight excluding hydrogens is 274 g/mol. The Kier molecular flexibility index (Phi) is 3.52. The van der Waals surface area contributed by atoms with E-state index < -0.39 is 0 Å². The van der Waals surface area contributed by atoms with Gasteiger partial charge in [-0.3, -0.25) is 9.20 Å². The van der Waals surface area contributed by atoms with Gasteiger partial charge in [-0.1, -0.05) is 0 Å². The summed E-state index contributed by atoms with van der Waals surface area (Å²) >= 11 is 1.58. The summed E-state index contributed by atoms with van der Waals surface area (Å²) in [5, 5.41) is 2.04. The first-order valence-corrected chi connectivity index (χ1v) is 7.74. The van der Waals surface area contributed by atoms with Crippen molar-refractivity contribution in [2.75, 3.05) is 20.3 Å². The number of aryl methyl sites for hydroxylation is 2. The van der Waals surface area contributed by atoms with E-state index in [9.17, 15) is 4.79 Å². The lowest BCUT2D eigenvalue weighted by molar-refractivity contribution is 0.0623. The Balaban J connectivity index is 2.00. The number of hydrogen-bond donors (Lipinski definition) is 0. The van der Waals surface area contributed by atoms with Crippen LogP contribution in [0.3, 0.4) is 0 Å². The smallest absolute Gasteiger partial charge is 0.273 e. The third-order valence-corrected chi connectivity index (χ3v) is 4.85. The highest BCUT2D eigenvalue weighted by Crippen LogP contribution is 2.25. The highest BCUT2D eigenvalue weighted by molar-refractivity contribution is 7.15. The van der Waals surface area contributed by atoms with Gasteiger partial charge in [-0.2, -0.15) is 0 Å². The molecule has 2 aromatic heterocycles. The van der Waals surface area contributed by atoms with Gasteiger partial charge in [-0.15, -0.1) is 11.3 Å². The Labute approximate surface area is 122 Å². The van der Waals surface area contributed by atoms with E-state index in [4.69, 9.17) is 4.74 Å². The third-order valence-electron chi connectivity index (χ3n) is 3.91. The number of amides is 1. The molecule has 20 heavy (non-hydrogen) atoms. The van der Waals surface area contributed by atoms with Crippen molar-refractivity contribution in [1.29, 1.82) is 0 Å². The molecule has 1 amide bonds. The van der Waals surface area contributed by atoms with Gasteiger partial charge in [0.05, 0.1) is 18.3 Å². The van der Waals surface area contributed by atoms with Crippen molar-refractivity contribution >= 4 is 22.2 Å². The van der Waals surface area contributed by atoms with Crippen LogP contribution in [0.5, 0.6) is 0 Å². The lowest BCUT2D eigenvalue weighted by atomic mass is 10.2. The van der Waals surface area contributed by atoms with Gasteiger partial charge in [0.15, 0.2) is 4.96 Å². The molecule has 3 heterocycles. The normalized spacial score (nSPS) is 19.1. The lowest BCUT2D eigenvalue weighted by Gasteiger charge is -2.24. The maximum absolute atomic E-state index is 12.9. The van der Waals surface area contributed by atoms with Crippen LogP contribution in [0.25, 0.3) is 4.96 Å². The molecule has 6 heteroatoms. The van der Waals surface area contributed by atoms with Gasteiger partial charge in [0.2, 0.25) is 0 Å². The molecule has 0 unspecified atom stereocenters. The van der Waals surface area contributed by atoms with E-state index in [0.717, 1.165) is 35.7 Å². The van der Waals surface area contributed by atoms with Crippen molar-refractivity contribution in [3.8, 4) is 0 Å². The van der Waals surface area contributed by atoms with Gasteiger partial charge < -0.3 is 9.64 Å². The van der Waals surface area contributed by atoms with Crippen LogP contribution in [0.1, 0.15) is 34.7 Å². The number of hydrogen-bond acceptors (Lipinski definition) is 4. The number of carbonyl (C=O) groups is 1. The zero-order valence-corrected chi connectivity index (χ0v) is 12.9. The highest BCUT2D eigenvalue weighted by atomic mass is 32.1. The maximum atomic E-state index is 12.9. The van der Waals surface area contributed by atoms with E-state index in [1.165, 1.54) is 0 Å². The number of ether oxygens (including phenoxy) is 1. The minimum absolute atomic E-state index is 0.0797. The predicted octanol–water partition coefficient (Wildman–Crippen LogP) is 2.26. The van der Waals surface area contributed by atoms with Crippen LogP contribution in [0.15, 0.2) is 5.38 Å². The standard InChI is InChI=1S/C14H19N3O2S/c1-9-8-20-14-15-10(2)12(17(9)14)13(18)16-6-4-5-11(16)7-19-3/h8,11H,4-7H2,1-3H3/t11-/m1/s1. The number of methoxy groups -OCH3 is 1. The van der Waals surface area contributed by atoms with Gasteiger partial charge in [-0.05, 0) is 26.7 Å². The molecular formula is C14H19N3O2S. The van der Waals surface area contributed by atoms with E-state index in [2.05, 4.69) is 4.98 Å². The fraction of sp³-hybridized carbons (Fsp3) is 0.571. The van der Waals surface area contributed by atoms with Gasteiger partial charge >= 0.3 is 0 Å². The lowest BCUT2D eigenvalue weighted by Crippen LogP contribution is -2.39. The molecule has 1 atom stereocenters. The molecule has 1 aliphatic heterocycles. The van der Waals surface area contributed by atoms with Crippen molar-refractivity contribution in [2.45, 2.75) is 32.7 Å². The van der Waals surface area contributed by atoms with Crippen LogP contribution in [0.4, 0.5) is 0 Å². The van der Waals surface area contributed by atoms with Gasteiger partial charge in [0, 0.05) is 24.7 Å². The summed E-state index contributed by atoms with van der Waals surface area (Å²) in [4.78, 5) is 20.2. The number of thiazole rings is 1. The quantitative estimate of drug-likeness (QED) is 0.872. The minimum Gasteiger partial charge on any atom is -0.383 e. The maximum Gasteiger partial charge on any atom is 0.273 e. The minimum atomic E-state index is 0.0797. The van der Waals surface area contributed by atoms with Gasteiger partial charge in [0.1, 0.15) is 5.69 Å². The van der Waals surface area contributed by atoms with Gasteiger partial charge in [0.25, 0.3) is 5.91 Å². The van der Waals surface area contributed by atoms with E-state index in [1.54, 1.807) is 18.4 Å². The molecule has 0 aromatic carbocycles. The molecule has 0 N–H and O–H groups in total. The molecule has 2 aromatic rings. The number of aromatic nitrogens is 2. The second kappa shape index (κ2) is 5.18. The largest absolute Gasteiger partial charge is 0.383 e. The zero-order chi connectivity index (χ0) is 14.3. The number of fused-ring (bicyclic) bond motifs is 1. The number of rotatable bonds is 3. The number of carbonyl (C=O) groups excluding carboxylic acids is 1. The number of likely N-dealkylation sites (tertiary alicyclic amines) is 1. The molecule has 1 saturated heterocycles. The van der Waals surface area contributed by atoms with Crippen molar-refractivity contribution in [2.24, 2.45) is 0 Å². The Bertz CT molecular complexity index is 646. The van der Waals surface area contributed by atoms with E-state index >= 15 is 0 Å².